The Kier molecular flexibility index (Phi) is 7.23. The molecule has 0 fully saturated rings. The molecular formula is C23H28N2O6. The van der Waals surface area contributed by atoms with Crippen LogP contribution in [0.25, 0.3) is 0 Å². The first-order chi connectivity index (χ1) is 15.0. The zero-order chi connectivity index (χ0) is 22.4. The normalized spacial score (nSPS) is 13.0. The molecule has 0 aliphatic carbocycles. The number of nitrogens with one attached hydrogen (secondary N) is 1. The molecule has 0 bridgehead atoms. The summed E-state index contributed by atoms with van der Waals surface area (Å²) < 4.78 is 22.7. The van der Waals surface area contributed by atoms with E-state index in [1.54, 1.807) is 42.3 Å². The van der Waals surface area contributed by atoms with Gasteiger partial charge in [0.25, 0.3) is 11.8 Å². The van der Waals surface area contributed by atoms with E-state index in [0.29, 0.717) is 72.8 Å². The van der Waals surface area contributed by atoms with Crippen LogP contribution in [0, 0.1) is 0 Å². The molecule has 0 spiro atoms. The topological polar surface area (TPSA) is 86.3 Å². The third-order valence-corrected chi connectivity index (χ3v) is 4.67. The third kappa shape index (κ3) is 5.02. The van der Waals surface area contributed by atoms with E-state index < -0.39 is 0 Å². The predicted molar refractivity (Wildman–Crippen MR) is 117 cm³/mol. The Hall–Kier alpha value is -3.42. The molecule has 8 heteroatoms. The van der Waals surface area contributed by atoms with Crippen molar-refractivity contribution in [2.75, 3.05) is 45.3 Å². The third-order valence-electron chi connectivity index (χ3n) is 4.67. The number of anilines is 1. The van der Waals surface area contributed by atoms with E-state index in [9.17, 15) is 9.59 Å². The van der Waals surface area contributed by atoms with Gasteiger partial charge in [-0.1, -0.05) is 0 Å². The number of nitrogens with zero attached hydrogens (tertiary/aromatic N) is 1. The van der Waals surface area contributed by atoms with Gasteiger partial charge in [0, 0.05) is 18.3 Å². The average molecular weight is 428 g/mol. The summed E-state index contributed by atoms with van der Waals surface area (Å²) in [5.41, 5.74) is 1.25. The molecule has 1 aliphatic heterocycles. The van der Waals surface area contributed by atoms with Gasteiger partial charge in [-0.15, -0.1) is 0 Å². The molecule has 3 rings (SSSR count). The van der Waals surface area contributed by atoms with Crippen LogP contribution in [0.5, 0.6) is 23.0 Å². The SMILES string of the molecule is CCOc1cc(C(=O)Nc2ccc3c(c2)C(=O)N(C)CCO3)cc(OCC)c1OCC. The summed E-state index contributed by atoms with van der Waals surface area (Å²) in [4.78, 5) is 27.1. The lowest BCUT2D eigenvalue weighted by atomic mass is 10.1. The second-order valence-corrected chi connectivity index (χ2v) is 6.84. The average Bonchev–Trinajstić information content (AvgIpc) is 2.89. The Labute approximate surface area is 182 Å². The Morgan fingerprint density at radius 2 is 1.68 bits per heavy atom. The molecule has 31 heavy (non-hydrogen) atoms. The maximum atomic E-state index is 13.0. The van der Waals surface area contributed by atoms with Gasteiger partial charge in [-0.2, -0.15) is 0 Å². The number of fused-ring (bicyclic) bond motifs is 1. The second kappa shape index (κ2) is 10.1. The number of amides is 2. The number of carbonyl (C=O) groups is 2. The van der Waals surface area contributed by atoms with Crippen molar-refractivity contribution in [2.24, 2.45) is 0 Å². The van der Waals surface area contributed by atoms with Gasteiger partial charge in [-0.05, 0) is 51.1 Å². The van der Waals surface area contributed by atoms with Crippen LogP contribution in [0.1, 0.15) is 41.5 Å². The van der Waals surface area contributed by atoms with Crippen molar-refractivity contribution in [3.63, 3.8) is 0 Å². The number of likely N-dealkylation sites (N-methyl/N-ethyl adjacent to an activating group) is 1. The zero-order valence-electron chi connectivity index (χ0n) is 18.3. The predicted octanol–water partition coefficient (Wildman–Crippen LogP) is 3.60. The first-order valence-electron chi connectivity index (χ1n) is 10.4. The Balaban J connectivity index is 1.91. The molecule has 0 aromatic heterocycles. The lowest BCUT2D eigenvalue weighted by molar-refractivity contribution is 0.0796. The van der Waals surface area contributed by atoms with Gasteiger partial charge in [0.15, 0.2) is 11.5 Å². The van der Waals surface area contributed by atoms with Gasteiger partial charge < -0.3 is 29.2 Å². The van der Waals surface area contributed by atoms with E-state index in [2.05, 4.69) is 5.32 Å². The van der Waals surface area contributed by atoms with Crippen molar-refractivity contribution in [1.82, 2.24) is 4.90 Å². The highest BCUT2D eigenvalue weighted by Crippen LogP contribution is 2.39. The monoisotopic (exact) mass is 428 g/mol. The van der Waals surface area contributed by atoms with Gasteiger partial charge in [-0.3, -0.25) is 9.59 Å². The number of benzene rings is 2. The molecule has 1 heterocycles. The van der Waals surface area contributed by atoms with E-state index >= 15 is 0 Å². The van der Waals surface area contributed by atoms with E-state index in [4.69, 9.17) is 18.9 Å². The minimum absolute atomic E-state index is 0.151. The largest absolute Gasteiger partial charge is 0.491 e. The first kappa shape index (κ1) is 22.3. The minimum Gasteiger partial charge on any atom is -0.491 e. The lowest BCUT2D eigenvalue weighted by Crippen LogP contribution is -2.27. The molecule has 166 valence electrons. The van der Waals surface area contributed by atoms with E-state index in [0.717, 1.165) is 0 Å². The molecule has 1 aliphatic rings. The number of hydrogen-bond acceptors (Lipinski definition) is 6. The summed E-state index contributed by atoms with van der Waals surface area (Å²) >= 11 is 0. The number of rotatable bonds is 8. The van der Waals surface area contributed by atoms with Gasteiger partial charge in [0.05, 0.1) is 31.9 Å². The molecule has 2 aromatic carbocycles. The lowest BCUT2D eigenvalue weighted by Gasteiger charge is -2.17. The standard InChI is InChI=1S/C23H28N2O6/c1-5-28-19-12-15(13-20(29-6-2)21(19)30-7-3)22(26)24-16-8-9-18-17(14-16)23(27)25(4)10-11-31-18/h8-9,12-14H,5-7,10-11H2,1-4H3,(H,24,26). The fourth-order valence-electron chi connectivity index (χ4n) is 3.22. The van der Waals surface area contributed by atoms with Crippen LogP contribution in [-0.2, 0) is 0 Å². The fraction of sp³-hybridized carbons (Fsp3) is 0.391. The molecule has 0 radical (unpaired) electrons. The van der Waals surface area contributed by atoms with Crippen LogP contribution in [0.15, 0.2) is 30.3 Å². The van der Waals surface area contributed by atoms with Gasteiger partial charge in [0.2, 0.25) is 5.75 Å². The Bertz CT molecular complexity index is 932. The molecule has 8 nitrogen and oxygen atoms in total. The van der Waals surface area contributed by atoms with Crippen molar-refractivity contribution in [3.8, 4) is 23.0 Å². The molecule has 0 saturated carbocycles. The van der Waals surface area contributed by atoms with Gasteiger partial charge in [0.1, 0.15) is 12.4 Å². The van der Waals surface area contributed by atoms with Crippen LogP contribution in [0.3, 0.4) is 0 Å². The molecule has 2 aromatic rings. The van der Waals surface area contributed by atoms with Crippen molar-refractivity contribution in [1.29, 1.82) is 0 Å². The summed E-state index contributed by atoms with van der Waals surface area (Å²) in [5.74, 6) is 1.34. The highest BCUT2D eigenvalue weighted by Gasteiger charge is 2.22. The van der Waals surface area contributed by atoms with Gasteiger partial charge >= 0.3 is 0 Å². The maximum Gasteiger partial charge on any atom is 0.257 e. The first-order valence-corrected chi connectivity index (χ1v) is 10.4. The van der Waals surface area contributed by atoms with Crippen molar-refractivity contribution < 1.29 is 28.5 Å². The molecule has 0 unspecified atom stereocenters. The van der Waals surface area contributed by atoms with E-state index in [-0.39, 0.29) is 11.8 Å². The van der Waals surface area contributed by atoms with Gasteiger partial charge in [-0.25, -0.2) is 0 Å². The zero-order valence-corrected chi connectivity index (χ0v) is 18.3. The van der Waals surface area contributed by atoms with Crippen LogP contribution < -0.4 is 24.3 Å². The van der Waals surface area contributed by atoms with Crippen LogP contribution in [0.4, 0.5) is 5.69 Å². The highest BCUT2D eigenvalue weighted by atomic mass is 16.5. The Morgan fingerprint density at radius 1 is 1.03 bits per heavy atom. The van der Waals surface area contributed by atoms with Crippen LogP contribution >= 0.6 is 0 Å². The molecule has 2 amide bonds. The van der Waals surface area contributed by atoms with Crippen LogP contribution in [0.2, 0.25) is 0 Å². The van der Waals surface area contributed by atoms with Crippen LogP contribution in [-0.4, -0.2) is 56.7 Å². The Morgan fingerprint density at radius 3 is 2.29 bits per heavy atom. The van der Waals surface area contributed by atoms with Crippen molar-refractivity contribution in [2.45, 2.75) is 20.8 Å². The minimum atomic E-state index is -0.361. The summed E-state index contributed by atoms with van der Waals surface area (Å²) in [6, 6.07) is 8.27. The summed E-state index contributed by atoms with van der Waals surface area (Å²) in [6.45, 7) is 7.77. The maximum absolute atomic E-state index is 13.0. The summed E-state index contributed by atoms with van der Waals surface area (Å²) in [7, 11) is 1.72. The fourth-order valence-corrected chi connectivity index (χ4v) is 3.22. The molecule has 0 atom stereocenters. The summed E-state index contributed by atoms with van der Waals surface area (Å²) in [5, 5.41) is 2.84. The van der Waals surface area contributed by atoms with E-state index in [1.165, 1.54) is 0 Å². The molecule has 1 N–H and O–H groups in total. The smallest absolute Gasteiger partial charge is 0.257 e. The highest BCUT2D eigenvalue weighted by molar-refractivity contribution is 6.06. The van der Waals surface area contributed by atoms with E-state index in [1.807, 2.05) is 20.8 Å². The quantitative estimate of drug-likeness (QED) is 0.691. The number of hydrogen-bond donors (Lipinski definition) is 1. The van der Waals surface area contributed by atoms with Crippen molar-refractivity contribution >= 4 is 17.5 Å². The number of ether oxygens (including phenoxy) is 4. The molecular weight excluding hydrogens is 400 g/mol. The number of carbonyl (C=O) groups excluding carboxylic acids is 2. The second-order valence-electron chi connectivity index (χ2n) is 6.84. The van der Waals surface area contributed by atoms with Crippen molar-refractivity contribution in [3.05, 3.63) is 41.5 Å². The summed E-state index contributed by atoms with van der Waals surface area (Å²) in [6.07, 6.45) is 0. The molecule has 0 saturated heterocycles.